The second-order valence-corrected chi connectivity index (χ2v) is 9.00. The fourth-order valence-electron chi connectivity index (χ4n) is 3.84. The molecule has 24 heavy (non-hydrogen) atoms. The number of carbonyl (C=O) groups excluding carboxylic acids is 1. The molecule has 2 fully saturated rings. The molecule has 2 heterocycles. The number of rotatable bonds is 4. The molecule has 130 valence electrons. The average molecular weight is 363 g/mol. The number of aryl methyl sites for hydroxylation is 1. The lowest BCUT2D eigenvalue weighted by Crippen LogP contribution is -2.31. The summed E-state index contributed by atoms with van der Waals surface area (Å²) >= 11 is 6.84. The Morgan fingerprint density at radius 3 is 2.62 bits per heavy atom. The molecule has 0 radical (unpaired) electrons. The van der Waals surface area contributed by atoms with Crippen LogP contribution < -0.4 is 0 Å². The molecule has 1 aliphatic carbocycles. The number of aromatic nitrogens is 1. The van der Waals surface area contributed by atoms with Gasteiger partial charge in [-0.05, 0) is 50.3 Å². The molecule has 0 N–H and O–H groups in total. The Labute approximate surface area is 154 Å². The first-order valence-corrected chi connectivity index (χ1v) is 10.0. The van der Waals surface area contributed by atoms with E-state index in [2.05, 4.69) is 38.3 Å². The molecule has 3 nitrogen and oxygen atoms in total. The minimum Gasteiger partial charge on any atom is -0.346 e. The van der Waals surface area contributed by atoms with E-state index in [-0.39, 0.29) is 5.91 Å². The number of hydrogen-bond donors (Lipinski definition) is 0. The Morgan fingerprint density at radius 1 is 1.33 bits per heavy atom. The third kappa shape index (κ3) is 3.33. The van der Waals surface area contributed by atoms with Crippen LogP contribution in [0.25, 0.3) is 6.08 Å². The van der Waals surface area contributed by atoms with Crippen molar-refractivity contribution >= 4 is 40.3 Å². The second-order valence-electron chi connectivity index (χ2n) is 7.32. The number of amides is 1. The standard InChI is InChI=1S/C19H26N2OS2/c1-12(2)11-20-18(22)17(24-19(20)23)10-15-9-13(3)21(14(15)4)16-7-5-6-8-16/h9-10,12,16H,5-8,11H2,1-4H3/b17-10-. The molecule has 1 aromatic heterocycles. The van der Waals surface area contributed by atoms with Crippen molar-refractivity contribution in [3.8, 4) is 0 Å². The molecule has 0 unspecified atom stereocenters. The van der Waals surface area contributed by atoms with Gasteiger partial charge in [0.1, 0.15) is 4.32 Å². The molecule has 1 amide bonds. The van der Waals surface area contributed by atoms with Crippen molar-refractivity contribution in [1.82, 2.24) is 9.47 Å². The van der Waals surface area contributed by atoms with Crippen LogP contribution in [0.4, 0.5) is 0 Å². The summed E-state index contributed by atoms with van der Waals surface area (Å²) in [5.41, 5.74) is 3.72. The van der Waals surface area contributed by atoms with Crippen molar-refractivity contribution in [2.24, 2.45) is 5.92 Å². The summed E-state index contributed by atoms with van der Waals surface area (Å²) in [6, 6.07) is 2.84. The Morgan fingerprint density at radius 2 is 2.00 bits per heavy atom. The number of carbonyl (C=O) groups is 1. The van der Waals surface area contributed by atoms with Crippen LogP contribution in [-0.4, -0.2) is 26.2 Å². The van der Waals surface area contributed by atoms with Crippen molar-refractivity contribution in [2.75, 3.05) is 6.54 Å². The van der Waals surface area contributed by atoms with E-state index in [0.29, 0.717) is 22.8 Å². The lowest BCUT2D eigenvalue weighted by Gasteiger charge is -2.17. The summed E-state index contributed by atoms with van der Waals surface area (Å²) in [6.45, 7) is 9.26. The topological polar surface area (TPSA) is 25.2 Å². The molecule has 1 saturated heterocycles. The van der Waals surface area contributed by atoms with Crippen molar-refractivity contribution in [3.63, 3.8) is 0 Å². The first kappa shape index (κ1) is 17.7. The van der Waals surface area contributed by atoms with E-state index in [1.54, 1.807) is 4.90 Å². The van der Waals surface area contributed by atoms with Gasteiger partial charge in [0.25, 0.3) is 5.91 Å². The maximum Gasteiger partial charge on any atom is 0.266 e. The third-order valence-electron chi connectivity index (χ3n) is 4.92. The summed E-state index contributed by atoms with van der Waals surface area (Å²) in [6.07, 6.45) is 7.22. The molecule has 0 spiro atoms. The molecule has 1 saturated carbocycles. The predicted octanol–water partition coefficient (Wildman–Crippen LogP) is 5.08. The zero-order valence-electron chi connectivity index (χ0n) is 15.0. The fourth-order valence-corrected chi connectivity index (χ4v) is 5.10. The summed E-state index contributed by atoms with van der Waals surface area (Å²) in [7, 11) is 0. The van der Waals surface area contributed by atoms with E-state index < -0.39 is 0 Å². The first-order chi connectivity index (χ1) is 11.4. The van der Waals surface area contributed by atoms with Gasteiger partial charge in [0.2, 0.25) is 0 Å². The number of hydrogen-bond acceptors (Lipinski definition) is 3. The predicted molar refractivity (Wildman–Crippen MR) is 106 cm³/mol. The highest BCUT2D eigenvalue weighted by Crippen LogP contribution is 2.36. The Balaban J connectivity index is 1.88. The maximum atomic E-state index is 12.7. The van der Waals surface area contributed by atoms with Gasteiger partial charge in [-0.15, -0.1) is 0 Å². The van der Waals surface area contributed by atoms with Gasteiger partial charge in [-0.3, -0.25) is 9.69 Å². The van der Waals surface area contributed by atoms with Crippen molar-refractivity contribution in [2.45, 2.75) is 59.4 Å². The van der Waals surface area contributed by atoms with Crippen molar-refractivity contribution in [1.29, 1.82) is 0 Å². The van der Waals surface area contributed by atoms with Crippen LogP contribution in [-0.2, 0) is 4.79 Å². The Hall–Kier alpha value is -1.07. The van der Waals surface area contributed by atoms with Gasteiger partial charge in [0.15, 0.2) is 0 Å². The lowest BCUT2D eigenvalue weighted by atomic mass is 10.2. The third-order valence-corrected chi connectivity index (χ3v) is 6.30. The summed E-state index contributed by atoms with van der Waals surface area (Å²) in [5, 5.41) is 0. The molecule has 3 rings (SSSR count). The van der Waals surface area contributed by atoms with E-state index in [1.165, 1.54) is 48.8 Å². The number of nitrogens with zero attached hydrogens (tertiary/aromatic N) is 2. The van der Waals surface area contributed by atoms with E-state index in [9.17, 15) is 4.79 Å². The van der Waals surface area contributed by atoms with Crippen molar-refractivity contribution in [3.05, 3.63) is 27.9 Å². The van der Waals surface area contributed by atoms with Gasteiger partial charge in [-0.25, -0.2) is 0 Å². The zero-order valence-corrected chi connectivity index (χ0v) is 16.6. The van der Waals surface area contributed by atoms with Gasteiger partial charge >= 0.3 is 0 Å². The van der Waals surface area contributed by atoms with Crippen LogP contribution in [0.15, 0.2) is 11.0 Å². The Bertz CT molecular complexity index is 696. The van der Waals surface area contributed by atoms with Crippen molar-refractivity contribution < 1.29 is 4.79 Å². The molecule has 2 aliphatic rings. The molecule has 0 aromatic carbocycles. The normalized spacial score (nSPS) is 21.0. The van der Waals surface area contributed by atoms with Crippen LogP contribution in [0, 0.1) is 19.8 Å². The summed E-state index contributed by atoms with van der Waals surface area (Å²) < 4.78 is 3.15. The van der Waals surface area contributed by atoms with E-state index in [4.69, 9.17) is 12.2 Å². The highest BCUT2D eigenvalue weighted by atomic mass is 32.2. The monoisotopic (exact) mass is 362 g/mol. The van der Waals surface area contributed by atoms with Gasteiger partial charge in [-0.1, -0.05) is 50.7 Å². The average Bonchev–Trinajstić information content (AvgIpc) is 3.17. The second kappa shape index (κ2) is 7.04. The molecule has 5 heteroatoms. The minimum absolute atomic E-state index is 0.0596. The molecule has 1 aliphatic heterocycles. The quantitative estimate of drug-likeness (QED) is 0.552. The number of thiocarbonyl (C=S) groups is 1. The zero-order chi connectivity index (χ0) is 17.4. The van der Waals surface area contributed by atoms with Crippen LogP contribution in [0.1, 0.15) is 62.5 Å². The van der Waals surface area contributed by atoms with E-state index in [1.807, 2.05) is 6.08 Å². The summed E-state index contributed by atoms with van der Waals surface area (Å²) in [5.74, 6) is 0.476. The molecular weight excluding hydrogens is 336 g/mol. The van der Waals surface area contributed by atoms with Gasteiger partial charge in [0, 0.05) is 24.0 Å². The lowest BCUT2D eigenvalue weighted by molar-refractivity contribution is -0.122. The van der Waals surface area contributed by atoms with Crippen LogP contribution >= 0.6 is 24.0 Å². The fraction of sp³-hybridized carbons (Fsp3) is 0.579. The Kier molecular flexibility index (Phi) is 5.21. The van der Waals surface area contributed by atoms with Crippen LogP contribution in [0.2, 0.25) is 0 Å². The van der Waals surface area contributed by atoms with Gasteiger partial charge in [-0.2, -0.15) is 0 Å². The minimum atomic E-state index is 0.0596. The first-order valence-electron chi connectivity index (χ1n) is 8.82. The molecule has 0 bridgehead atoms. The van der Waals surface area contributed by atoms with E-state index in [0.717, 1.165) is 10.5 Å². The smallest absolute Gasteiger partial charge is 0.266 e. The van der Waals surface area contributed by atoms with Crippen LogP contribution in [0.5, 0.6) is 0 Å². The van der Waals surface area contributed by atoms with Gasteiger partial charge in [0.05, 0.1) is 4.91 Å². The number of thioether (sulfide) groups is 1. The van der Waals surface area contributed by atoms with E-state index >= 15 is 0 Å². The highest BCUT2D eigenvalue weighted by Gasteiger charge is 2.32. The van der Waals surface area contributed by atoms with Crippen LogP contribution in [0.3, 0.4) is 0 Å². The summed E-state index contributed by atoms with van der Waals surface area (Å²) in [4.78, 5) is 15.2. The molecule has 1 aromatic rings. The molecule has 0 atom stereocenters. The molecular formula is C19H26N2OS2. The largest absolute Gasteiger partial charge is 0.346 e. The van der Waals surface area contributed by atoms with Gasteiger partial charge < -0.3 is 4.57 Å². The highest BCUT2D eigenvalue weighted by molar-refractivity contribution is 8.26. The SMILES string of the molecule is Cc1cc(/C=C2\SC(=S)N(CC(C)C)C2=O)c(C)n1C1CCCC1. The maximum absolute atomic E-state index is 12.7.